The van der Waals surface area contributed by atoms with Gasteiger partial charge in [-0.05, 0) is 12.1 Å². The molecular weight excluding hydrogens is 170 g/mol. The Hall–Kier alpha value is -1.42. The SMILES string of the molecule is COCOc1ccc(N)cc1OC. The lowest BCUT2D eigenvalue weighted by atomic mass is 10.3. The minimum absolute atomic E-state index is 0.195. The molecule has 0 spiro atoms. The molecule has 0 aliphatic heterocycles. The molecule has 13 heavy (non-hydrogen) atoms. The van der Waals surface area contributed by atoms with E-state index in [1.165, 1.54) is 0 Å². The van der Waals surface area contributed by atoms with Gasteiger partial charge < -0.3 is 19.9 Å². The van der Waals surface area contributed by atoms with Gasteiger partial charge in [-0.25, -0.2) is 0 Å². The third-order valence-electron chi connectivity index (χ3n) is 1.52. The van der Waals surface area contributed by atoms with Crippen LogP contribution in [0.4, 0.5) is 5.69 Å². The molecule has 4 heteroatoms. The Morgan fingerprint density at radius 2 is 2.00 bits per heavy atom. The standard InChI is InChI=1S/C9H13NO3/c1-11-6-13-8-4-3-7(10)5-9(8)12-2/h3-5H,6,10H2,1-2H3. The fourth-order valence-corrected chi connectivity index (χ4v) is 0.926. The molecule has 0 atom stereocenters. The number of methoxy groups -OCH3 is 2. The van der Waals surface area contributed by atoms with Gasteiger partial charge in [0.25, 0.3) is 0 Å². The predicted octanol–water partition coefficient (Wildman–Crippen LogP) is 1.26. The van der Waals surface area contributed by atoms with E-state index in [1.807, 2.05) is 0 Å². The lowest BCUT2D eigenvalue weighted by molar-refractivity contribution is 0.0492. The average Bonchev–Trinajstić information content (AvgIpc) is 2.16. The average molecular weight is 183 g/mol. The summed E-state index contributed by atoms with van der Waals surface area (Å²) in [7, 11) is 3.12. The summed E-state index contributed by atoms with van der Waals surface area (Å²) in [6, 6.07) is 5.19. The minimum Gasteiger partial charge on any atom is -0.493 e. The van der Waals surface area contributed by atoms with Crippen LogP contribution in [0.25, 0.3) is 0 Å². The molecule has 4 nitrogen and oxygen atoms in total. The van der Waals surface area contributed by atoms with Crippen LogP contribution >= 0.6 is 0 Å². The molecule has 0 aliphatic rings. The topological polar surface area (TPSA) is 53.7 Å². The predicted molar refractivity (Wildman–Crippen MR) is 49.9 cm³/mol. The second kappa shape index (κ2) is 4.57. The Balaban J connectivity index is 2.79. The van der Waals surface area contributed by atoms with Crippen molar-refractivity contribution in [1.82, 2.24) is 0 Å². The maximum Gasteiger partial charge on any atom is 0.188 e. The molecule has 0 aromatic heterocycles. The van der Waals surface area contributed by atoms with Gasteiger partial charge in [0, 0.05) is 18.9 Å². The number of nitrogen functional groups attached to an aromatic ring is 1. The van der Waals surface area contributed by atoms with E-state index in [-0.39, 0.29) is 6.79 Å². The third kappa shape index (κ3) is 2.52. The first-order chi connectivity index (χ1) is 6.27. The van der Waals surface area contributed by atoms with Gasteiger partial charge in [-0.1, -0.05) is 0 Å². The van der Waals surface area contributed by atoms with Crippen LogP contribution in [0.3, 0.4) is 0 Å². The van der Waals surface area contributed by atoms with Gasteiger partial charge in [-0.2, -0.15) is 0 Å². The molecule has 0 unspecified atom stereocenters. The smallest absolute Gasteiger partial charge is 0.188 e. The highest BCUT2D eigenvalue weighted by molar-refractivity contribution is 5.51. The zero-order valence-corrected chi connectivity index (χ0v) is 7.74. The number of ether oxygens (including phenoxy) is 3. The zero-order chi connectivity index (χ0) is 9.68. The van der Waals surface area contributed by atoms with Crippen molar-refractivity contribution in [3.05, 3.63) is 18.2 Å². The Labute approximate surface area is 77.2 Å². The molecule has 1 aromatic carbocycles. The molecule has 0 aliphatic carbocycles. The molecule has 0 heterocycles. The van der Waals surface area contributed by atoms with Crippen molar-refractivity contribution in [2.45, 2.75) is 0 Å². The van der Waals surface area contributed by atoms with Crippen molar-refractivity contribution in [2.24, 2.45) is 0 Å². The summed E-state index contributed by atoms with van der Waals surface area (Å²) in [4.78, 5) is 0. The minimum atomic E-state index is 0.195. The van der Waals surface area contributed by atoms with Gasteiger partial charge in [-0.3, -0.25) is 0 Å². The van der Waals surface area contributed by atoms with Crippen LogP contribution in [-0.2, 0) is 4.74 Å². The first-order valence-electron chi connectivity index (χ1n) is 3.83. The number of hydrogen-bond donors (Lipinski definition) is 1. The number of benzene rings is 1. The Morgan fingerprint density at radius 1 is 1.23 bits per heavy atom. The Bertz CT molecular complexity index is 276. The quantitative estimate of drug-likeness (QED) is 0.564. The summed E-state index contributed by atoms with van der Waals surface area (Å²) in [5.41, 5.74) is 6.21. The van der Waals surface area contributed by atoms with Crippen LogP contribution in [0.2, 0.25) is 0 Å². The van der Waals surface area contributed by atoms with E-state index in [1.54, 1.807) is 32.4 Å². The van der Waals surface area contributed by atoms with E-state index in [2.05, 4.69) is 0 Å². The summed E-state index contributed by atoms with van der Waals surface area (Å²) < 4.78 is 15.1. The van der Waals surface area contributed by atoms with Crippen LogP contribution < -0.4 is 15.2 Å². The van der Waals surface area contributed by atoms with Crippen molar-refractivity contribution in [3.8, 4) is 11.5 Å². The highest BCUT2D eigenvalue weighted by atomic mass is 16.7. The molecule has 2 N–H and O–H groups in total. The second-order valence-electron chi connectivity index (χ2n) is 2.46. The van der Waals surface area contributed by atoms with Crippen molar-refractivity contribution in [1.29, 1.82) is 0 Å². The monoisotopic (exact) mass is 183 g/mol. The van der Waals surface area contributed by atoms with Crippen LogP contribution in [0.5, 0.6) is 11.5 Å². The molecule has 0 radical (unpaired) electrons. The first kappa shape index (κ1) is 9.67. The Morgan fingerprint density at radius 3 is 2.62 bits per heavy atom. The van der Waals surface area contributed by atoms with Crippen molar-refractivity contribution < 1.29 is 14.2 Å². The zero-order valence-electron chi connectivity index (χ0n) is 7.74. The largest absolute Gasteiger partial charge is 0.493 e. The van der Waals surface area contributed by atoms with Gasteiger partial charge in [0.1, 0.15) is 0 Å². The first-order valence-corrected chi connectivity index (χ1v) is 3.83. The third-order valence-corrected chi connectivity index (χ3v) is 1.52. The summed E-state index contributed by atoms with van der Waals surface area (Å²) in [5, 5.41) is 0. The van der Waals surface area contributed by atoms with Crippen molar-refractivity contribution in [3.63, 3.8) is 0 Å². The molecule has 1 rings (SSSR count). The summed E-state index contributed by atoms with van der Waals surface area (Å²) >= 11 is 0. The molecule has 0 saturated carbocycles. The lowest BCUT2D eigenvalue weighted by Crippen LogP contribution is -2.01. The number of anilines is 1. The van der Waals surface area contributed by atoms with E-state index in [0.29, 0.717) is 17.2 Å². The molecule has 0 fully saturated rings. The van der Waals surface area contributed by atoms with Gasteiger partial charge in [-0.15, -0.1) is 0 Å². The van der Waals surface area contributed by atoms with Crippen molar-refractivity contribution in [2.75, 3.05) is 26.7 Å². The van der Waals surface area contributed by atoms with Crippen LogP contribution in [0, 0.1) is 0 Å². The molecule has 72 valence electrons. The van der Waals surface area contributed by atoms with Crippen LogP contribution in [0.15, 0.2) is 18.2 Å². The maximum atomic E-state index is 5.56. The molecule has 0 bridgehead atoms. The summed E-state index contributed by atoms with van der Waals surface area (Å²) in [5.74, 6) is 1.23. The van der Waals surface area contributed by atoms with E-state index < -0.39 is 0 Å². The van der Waals surface area contributed by atoms with Crippen molar-refractivity contribution >= 4 is 5.69 Å². The van der Waals surface area contributed by atoms with Crippen LogP contribution in [0.1, 0.15) is 0 Å². The highest BCUT2D eigenvalue weighted by Gasteiger charge is 2.03. The van der Waals surface area contributed by atoms with E-state index in [9.17, 15) is 0 Å². The summed E-state index contributed by atoms with van der Waals surface area (Å²) in [6.45, 7) is 0.195. The number of hydrogen-bond acceptors (Lipinski definition) is 4. The lowest BCUT2D eigenvalue weighted by Gasteiger charge is -2.09. The van der Waals surface area contributed by atoms with E-state index in [0.717, 1.165) is 0 Å². The summed E-state index contributed by atoms with van der Waals surface area (Å²) in [6.07, 6.45) is 0. The number of rotatable bonds is 4. The number of nitrogens with two attached hydrogens (primary N) is 1. The second-order valence-corrected chi connectivity index (χ2v) is 2.46. The van der Waals surface area contributed by atoms with Gasteiger partial charge in [0.05, 0.1) is 7.11 Å². The van der Waals surface area contributed by atoms with E-state index in [4.69, 9.17) is 19.9 Å². The fourth-order valence-electron chi connectivity index (χ4n) is 0.926. The molecular formula is C9H13NO3. The fraction of sp³-hybridized carbons (Fsp3) is 0.333. The van der Waals surface area contributed by atoms with Gasteiger partial charge >= 0.3 is 0 Å². The normalized spacial score (nSPS) is 9.69. The molecule has 0 amide bonds. The van der Waals surface area contributed by atoms with Crippen LogP contribution in [-0.4, -0.2) is 21.0 Å². The Kier molecular flexibility index (Phi) is 3.40. The highest BCUT2D eigenvalue weighted by Crippen LogP contribution is 2.28. The van der Waals surface area contributed by atoms with Gasteiger partial charge in [0.15, 0.2) is 18.3 Å². The molecule has 1 aromatic rings. The van der Waals surface area contributed by atoms with E-state index >= 15 is 0 Å². The maximum absolute atomic E-state index is 5.56. The van der Waals surface area contributed by atoms with Gasteiger partial charge in [0.2, 0.25) is 0 Å². The molecule has 0 saturated heterocycles.